The Hall–Kier alpha value is -2.40. The van der Waals surface area contributed by atoms with Gasteiger partial charge in [-0.15, -0.1) is 34.0 Å². The van der Waals surface area contributed by atoms with E-state index in [1.54, 1.807) is 28.1 Å². The number of anilines is 1. The number of carbonyl (C=O) groups excluding carboxylic acids is 2. The average Bonchev–Trinajstić information content (AvgIpc) is 3.46. The lowest BCUT2D eigenvalue weighted by atomic mass is 10.3. The molecule has 0 aliphatic rings. The van der Waals surface area contributed by atoms with Crippen molar-refractivity contribution in [3.05, 3.63) is 50.3 Å². The number of thiazole rings is 2. The first-order valence-corrected chi connectivity index (χ1v) is 11.7. The van der Waals surface area contributed by atoms with Crippen LogP contribution in [0.5, 0.6) is 0 Å². The highest BCUT2D eigenvalue weighted by atomic mass is 32.1. The molecule has 4 aromatic rings. The standard InChI is InChI=1S/C18H14N4O2S4/c1-10(23)19-6-12-2-3-15(28-12)13-8-27-18(21-13)22-16(24)14-9-26-17(20-14)11-4-5-25-7-11/h2-5,7-9H,6H2,1H3,(H,19,23)(H,21,22,24). The van der Waals surface area contributed by atoms with Gasteiger partial charge in [0.2, 0.25) is 5.91 Å². The van der Waals surface area contributed by atoms with Gasteiger partial charge >= 0.3 is 0 Å². The van der Waals surface area contributed by atoms with E-state index in [1.807, 2.05) is 34.3 Å². The van der Waals surface area contributed by atoms with Crippen molar-refractivity contribution in [2.45, 2.75) is 13.5 Å². The summed E-state index contributed by atoms with van der Waals surface area (Å²) in [6.45, 7) is 2.00. The smallest absolute Gasteiger partial charge is 0.276 e. The number of rotatable bonds is 6. The fraction of sp³-hybridized carbons (Fsp3) is 0.111. The van der Waals surface area contributed by atoms with Crippen molar-refractivity contribution in [2.75, 3.05) is 5.32 Å². The Morgan fingerprint density at radius 2 is 1.96 bits per heavy atom. The van der Waals surface area contributed by atoms with Gasteiger partial charge in [-0.05, 0) is 23.6 Å². The molecular weight excluding hydrogens is 432 g/mol. The van der Waals surface area contributed by atoms with Crippen LogP contribution < -0.4 is 10.6 Å². The predicted molar refractivity (Wildman–Crippen MR) is 116 cm³/mol. The minimum absolute atomic E-state index is 0.0576. The van der Waals surface area contributed by atoms with Gasteiger partial charge in [0.15, 0.2) is 5.13 Å². The lowest BCUT2D eigenvalue weighted by Crippen LogP contribution is -2.17. The van der Waals surface area contributed by atoms with Crippen LogP contribution >= 0.6 is 45.3 Å². The number of carbonyl (C=O) groups is 2. The number of aromatic nitrogens is 2. The van der Waals surface area contributed by atoms with Crippen molar-refractivity contribution >= 4 is 62.3 Å². The van der Waals surface area contributed by atoms with Gasteiger partial charge in [0.1, 0.15) is 10.7 Å². The second-order valence-electron chi connectivity index (χ2n) is 5.72. The maximum Gasteiger partial charge on any atom is 0.276 e. The maximum absolute atomic E-state index is 12.5. The first-order valence-electron chi connectivity index (χ1n) is 8.17. The Morgan fingerprint density at radius 1 is 1.07 bits per heavy atom. The summed E-state index contributed by atoms with van der Waals surface area (Å²) in [7, 11) is 0. The highest BCUT2D eigenvalue weighted by Gasteiger charge is 2.15. The monoisotopic (exact) mass is 446 g/mol. The van der Waals surface area contributed by atoms with E-state index in [-0.39, 0.29) is 11.8 Å². The molecule has 0 aliphatic heterocycles. The third-order valence-corrected chi connectivity index (χ3v) is 7.10. The molecule has 10 heteroatoms. The summed E-state index contributed by atoms with van der Waals surface area (Å²) in [6, 6.07) is 5.92. The molecule has 0 fully saturated rings. The van der Waals surface area contributed by atoms with Crippen LogP contribution in [0, 0.1) is 0 Å². The van der Waals surface area contributed by atoms with Gasteiger partial charge < -0.3 is 5.32 Å². The van der Waals surface area contributed by atoms with Crippen LogP contribution in [0.4, 0.5) is 5.13 Å². The number of amides is 2. The molecule has 6 nitrogen and oxygen atoms in total. The molecule has 0 unspecified atom stereocenters. The molecular formula is C18H14N4O2S4. The molecule has 142 valence electrons. The van der Waals surface area contributed by atoms with Crippen molar-refractivity contribution in [1.82, 2.24) is 15.3 Å². The van der Waals surface area contributed by atoms with E-state index in [9.17, 15) is 9.59 Å². The molecule has 0 aromatic carbocycles. The Balaban J connectivity index is 1.42. The normalized spacial score (nSPS) is 10.8. The van der Waals surface area contributed by atoms with Gasteiger partial charge in [-0.2, -0.15) is 11.3 Å². The van der Waals surface area contributed by atoms with Crippen LogP contribution in [0.25, 0.3) is 21.1 Å². The van der Waals surface area contributed by atoms with Crippen LogP contribution in [0.1, 0.15) is 22.3 Å². The molecule has 0 saturated heterocycles. The molecule has 0 atom stereocenters. The van der Waals surface area contributed by atoms with Gasteiger partial charge in [-0.3, -0.25) is 14.9 Å². The molecule has 0 saturated carbocycles. The number of nitrogens with zero attached hydrogens (tertiary/aromatic N) is 2. The third kappa shape index (κ3) is 4.36. The molecule has 0 radical (unpaired) electrons. The van der Waals surface area contributed by atoms with E-state index in [2.05, 4.69) is 20.6 Å². The van der Waals surface area contributed by atoms with Crippen LogP contribution in [-0.4, -0.2) is 21.8 Å². The Labute approximate surface area is 176 Å². The summed E-state index contributed by atoms with van der Waals surface area (Å²) in [5.74, 6) is -0.325. The van der Waals surface area contributed by atoms with Crippen LogP contribution in [0.15, 0.2) is 39.7 Å². The van der Waals surface area contributed by atoms with Crippen molar-refractivity contribution in [3.8, 4) is 21.1 Å². The molecule has 2 amide bonds. The van der Waals surface area contributed by atoms with Crippen LogP contribution in [0.3, 0.4) is 0 Å². The van der Waals surface area contributed by atoms with Gasteiger partial charge in [-0.1, -0.05) is 0 Å². The van der Waals surface area contributed by atoms with Crippen molar-refractivity contribution in [1.29, 1.82) is 0 Å². The number of thiophene rings is 2. The number of hydrogen-bond donors (Lipinski definition) is 2. The molecule has 2 N–H and O–H groups in total. The van der Waals surface area contributed by atoms with Gasteiger partial charge in [-0.25, -0.2) is 9.97 Å². The molecule has 4 rings (SSSR count). The quantitative estimate of drug-likeness (QED) is 0.439. The van der Waals surface area contributed by atoms with Crippen molar-refractivity contribution in [3.63, 3.8) is 0 Å². The van der Waals surface area contributed by atoms with Gasteiger partial charge in [0, 0.05) is 33.5 Å². The summed E-state index contributed by atoms with van der Waals surface area (Å²) in [6.07, 6.45) is 0. The second kappa shape index (κ2) is 8.31. The topological polar surface area (TPSA) is 84.0 Å². The highest BCUT2D eigenvalue weighted by molar-refractivity contribution is 7.17. The minimum atomic E-state index is -0.267. The number of nitrogens with one attached hydrogen (secondary N) is 2. The zero-order valence-corrected chi connectivity index (χ0v) is 17.9. The van der Waals surface area contributed by atoms with E-state index in [0.717, 1.165) is 26.0 Å². The van der Waals surface area contributed by atoms with Crippen molar-refractivity contribution < 1.29 is 9.59 Å². The second-order valence-corrected chi connectivity index (χ2v) is 9.38. The molecule has 0 bridgehead atoms. The molecule has 4 heterocycles. The Kier molecular flexibility index (Phi) is 5.62. The molecule has 0 spiro atoms. The Bertz CT molecular complexity index is 1110. The van der Waals surface area contributed by atoms with E-state index < -0.39 is 0 Å². The predicted octanol–water partition coefficient (Wildman–Crippen LogP) is 4.95. The third-order valence-electron chi connectivity index (χ3n) is 3.66. The first kappa shape index (κ1) is 18.9. The summed E-state index contributed by atoms with van der Waals surface area (Å²) in [4.78, 5) is 34.4. The van der Waals surface area contributed by atoms with Gasteiger partial charge in [0.25, 0.3) is 5.91 Å². The zero-order chi connectivity index (χ0) is 19.5. The molecule has 4 aromatic heterocycles. The largest absolute Gasteiger partial charge is 0.351 e. The SMILES string of the molecule is CC(=O)NCc1ccc(-c2csc(NC(=O)c3csc(-c4ccsc4)n3)n2)s1. The van der Waals surface area contributed by atoms with Gasteiger partial charge in [0.05, 0.1) is 17.1 Å². The van der Waals surface area contributed by atoms with Crippen LogP contribution in [0.2, 0.25) is 0 Å². The maximum atomic E-state index is 12.5. The van der Waals surface area contributed by atoms with Crippen molar-refractivity contribution in [2.24, 2.45) is 0 Å². The van der Waals surface area contributed by atoms with E-state index in [1.165, 1.54) is 29.6 Å². The number of hydrogen-bond acceptors (Lipinski definition) is 8. The van der Waals surface area contributed by atoms with E-state index in [0.29, 0.717) is 17.4 Å². The Morgan fingerprint density at radius 3 is 2.75 bits per heavy atom. The fourth-order valence-electron chi connectivity index (χ4n) is 2.32. The molecule has 0 aliphatic carbocycles. The lowest BCUT2D eigenvalue weighted by molar-refractivity contribution is -0.119. The van der Waals surface area contributed by atoms with Crippen LogP contribution in [-0.2, 0) is 11.3 Å². The van der Waals surface area contributed by atoms with E-state index >= 15 is 0 Å². The fourth-order valence-corrected chi connectivity index (χ4v) is 5.52. The first-order chi connectivity index (χ1) is 13.6. The molecule has 28 heavy (non-hydrogen) atoms. The van der Waals surface area contributed by atoms with E-state index in [4.69, 9.17) is 0 Å². The summed E-state index contributed by atoms with van der Waals surface area (Å²) in [5, 5.41) is 14.6. The summed E-state index contributed by atoms with van der Waals surface area (Å²) >= 11 is 5.98. The highest BCUT2D eigenvalue weighted by Crippen LogP contribution is 2.31. The summed E-state index contributed by atoms with van der Waals surface area (Å²) in [5.41, 5.74) is 2.21. The summed E-state index contributed by atoms with van der Waals surface area (Å²) < 4.78 is 0. The average molecular weight is 447 g/mol. The lowest BCUT2D eigenvalue weighted by Gasteiger charge is -1.98. The zero-order valence-electron chi connectivity index (χ0n) is 14.6. The minimum Gasteiger partial charge on any atom is -0.351 e.